The van der Waals surface area contributed by atoms with Gasteiger partial charge in [0.15, 0.2) is 0 Å². The number of hydrogen-bond acceptors (Lipinski definition) is 6. The van der Waals surface area contributed by atoms with Crippen molar-refractivity contribution in [1.82, 2.24) is 9.80 Å². The number of aromatic hydroxyl groups is 2. The summed E-state index contributed by atoms with van der Waals surface area (Å²) in [7, 11) is 0. The van der Waals surface area contributed by atoms with Crippen molar-refractivity contribution in [1.29, 1.82) is 0 Å². The molecule has 2 atom stereocenters. The fourth-order valence-corrected chi connectivity index (χ4v) is 5.23. The SMILES string of the molecule is O=C1COC(c2ccc(O)c(Cl)c2)CN1Cc1ccccc1.O=C1COC(c2ccc(O)cc2F)CN1Cc1ccccc1. The lowest BCUT2D eigenvalue weighted by atomic mass is 10.1. The first kappa shape index (κ1) is 31.0. The molecule has 0 aliphatic carbocycles. The number of nitrogens with zero attached hydrogens (tertiary/aromatic N) is 2. The molecule has 0 aromatic heterocycles. The Balaban J connectivity index is 0.000000175. The molecule has 2 aliphatic rings. The van der Waals surface area contributed by atoms with Gasteiger partial charge >= 0.3 is 0 Å². The number of benzene rings is 4. The highest BCUT2D eigenvalue weighted by Gasteiger charge is 2.30. The topological polar surface area (TPSA) is 99.5 Å². The van der Waals surface area contributed by atoms with Crippen molar-refractivity contribution in [3.63, 3.8) is 0 Å². The first-order valence-corrected chi connectivity index (χ1v) is 14.5. The van der Waals surface area contributed by atoms with Gasteiger partial charge in [-0.05, 0) is 41.0 Å². The lowest BCUT2D eigenvalue weighted by Crippen LogP contribution is -2.42. The van der Waals surface area contributed by atoms with Gasteiger partial charge in [0.25, 0.3) is 0 Å². The summed E-state index contributed by atoms with van der Waals surface area (Å²) in [4.78, 5) is 27.5. The molecule has 228 valence electrons. The quantitative estimate of drug-likeness (QED) is 0.284. The molecule has 0 bridgehead atoms. The van der Waals surface area contributed by atoms with E-state index in [0.29, 0.717) is 25.2 Å². The largest absolute Gasteiger partial charge is 0.508 e. The van der Waals surface area contributed by atoms with E-state index in [0.717, 1.165) is 22.8 Å². The Kier molecular flexibility index (Phi) is 10.1. The second-order valence-corrected chi connectivity index (χ2v) is 10.9. The van der Waals surface area contributed by atoms with E-state index in [1.165, 1.54) is 12.1 Å². The summed E-state index contributed by atoms with van der Waals surface area (Å²) in [5.41, 5.74) is 3.31. The fraction of sp³-hybridized carbons (Fsp3) is 0.235. The molecule has 2 amide bonds. The van der Waals surface area contributed by atoms with Gasteiger partial charge in [0.1, 0.15) is 42.7 Å². The molecule has 4 aromatic carbocycles. The minimum atomic E-state index is -0.529. The van der Waals surface area contributed by atoms with E-state index in [1.807, 2.05) is 60.7 Å². The predicted octanol–water partition coefficient (Wildman–Crippen LogP) is 5.78. The Morgan fingerprint density at radius 1 is 0.727 bits per heavy atom. The highest BCUT2D eigenvalue weighted by atomic mass is 35.5. The zero-order valence-electron chi connectivity index (χ0n) is 23.8. The van der Waals surface area contributed by atoms with Crippen LogP contribution in [0.3, 0.4) is 0 Å². The van der Waals surface area contributed by atoms with E-state index in [2.05, 4.69) is 0 Å². The molecule has 10 heteroatoms. The summed E-state index contributed by atoms with van der Waals surface area (Å²) in [6.45, 7) is 1.77. The summed E-state index contributed by atoms with van der Waals surface area (Å²) < 4.78 is 25.0. The van der Waals surface area contributed by atoms with Gasteiger partial charge in [0, 0.05) is 24.7 Å². The molecule has 4 aromatic rings. The first-order valence-electron chi connectivity index (χ1n) is 14.1. The highest BCUT2D eigenvalue weighted by Crippen LogP contribution is 2.31. The second kappa shape index (κ2) is 14.4. The van der Waals surface area contributed by atoms with Crippen molar-refractivity contribution in [3.8, 4) is 11.5 Å². The Morgan fingerprint density at radius 3 is 1.82 bits per heavy atom. The maximum Gasteiger partial charge on any atom is 0.249 e. The van der Waals surface area contributed by atoms with Crippen molar-refractivity contribution in [2.75, 3.05) is 26.3 Å². The average molecular weight is 619 g/mol. The number of ether oxygens (including phenoxy) is 2. The zero-order chi connectivity index (χ0) is 31.1. The molecule has 6 rings (SSSR count). The number of hydrogen-bond donors (Lipinski definition) is 2. The number of carbonyl (C=O) groups is 2. The van der Waals surface area contributed by atoms with Crippen molar-refractivity contribution in [3.05, 3.63) is 130 Å². The average Bonchev–Trinajstić information content (AvgIpc) is 3.02. The van der Waals surface area contributed by atoms with Crippen molar-refractivity contribution in [2.24, 2.45) is 0 Å². The minimum Gasteiger partial charge on any atom is -0.508 e. The maximum absolute atomic E-state index is 13.9. The molecule has 2 saturated heterocycles. The zero-order valence-corrected chi connectivity index (χ0v) is 24.6. The summed E-state index contributed by atoms with van der Waals surface area (Å²) in [5, 5.41) is 19.1. The van der Waals surface area contributed by atoms with E-state index < -0.39 is 11.9 Å². The minimum absolute atomic E-state index is 0.0232. The molecule has 44 heavy (non-hydrogen) atoms. The van der Waals surface area contributed by atoms with Gasteiger partial charge in [0.2, 0.25) is 11.8 Å². The van der Waals surface area contributed by atoms with Gasteiger partial charge in [-0.1, -0.05) is 78.3 Å². The number of carbonyl (C=O) groups excluding carboxylic acids is 2. The predicted molar refractivity (Wildman–Crippen MR) is 162 cm³/mol. The van der Waals surface area contributed by atoms with Gasteiger partial charge in [-0.25, -0.2) is 4.39 Å². The Labute approximate surface area is 259 Å². The lowest BCUT2D eigenvalue weighted by molar-refractivity contribution is -0.150. The summed E-state index contributed by atoms with van der Waals surface area (Å²) in [6, 6.07) is 28.4. The van der Waals surface area contributed by atoms with E-state index in [1.54, 1.807) is 28.0 Å². The van der Waals surface area contributed by atoms with Gasteiger partial charge in [-0.2, -0.15) is 0 Å². The van der Waals surface area contributed by atoms with E-state index in [4.69, 9.17) is 21.1 Å². The van der Waals surface area contributed by atoms with Crippen LogP contribution in [0.1, 0.15) is 34.5 Å². The van der Waals surface area contributed by atoms with Crippen LogP contribution in [0.15, 0.2) is 97.1 Å². The Morgan fingerprint density at radius 2 is 1.27 bits per heavy atom. The van der Waals surface area contributed by atoms with Crippen molar-refractivity contribution < 1.29 is 33.7 Å². The normalized spacial score (nSPS) is 18.5. The standard InChI is InChI=1S/C17H16ClNO3.C17H16FNO3/c18-14-8-13(6-7-15(14)20)16-10-19(17(21)11-22-16)9-12-4-2-1-3-5-12;18-15-8-13(20)6-7-14(15)16-10-19(17(21)11-22-16)9-12-4-2-1-3-5-12/h2*1-8,16,20H,9-11H2. The van der Waals surface area contributed by atoms with Gasteiger partial charge in [-0.15, -0.1) is 0 Å². The van der Waals surface area contributed by atoms with E-state index in [-0.39, 0.29) is 54.2 Å². The Bertz CT molecular complexity index is 1590. The van der Waals surface area contributed by atoms with E-state index in [9.17, 15) is 24.2 Å². The van der Waals surface area contributed by atoms with Crippen LogP contribution in [0.5, 0.6) is 11.5 Å². The number of phenolic OH excluding ortho intramolecular Hbond substituents is 2. The molecule has 0 radical (unpaired) electrons. The van der Waals surface area contributed by atoms with Crippen LogP contribution in [0.25, 0.3) is 0 Å². The monoisotopic (exact) mass is 618 g/mol. The van der Waals surface area contributed by atoms with Gasteiger partial charge in [-0.3, -0.25) is 9.59 Å². The smallest absolute Gasteiger partial charge is 0.249 e. The third-order valence-corrected chi connectivity index (χ3v) is 7.70. The van der Waals surface area contributed by atoms with Crippen molar-refractivity contribution in [2.45, 2.75) is 25.3 Å². The Hall–Kier alpha value is -4.44. The molecule has 2 N–H and O–H groups in total. The molecular weight excluding hydrogens is 587 g/mol. The fourth-order valence-electron chi connectivity index (χ4n) is 5.04. The third kappa shape index (κ3) is 7.93. The molecular formula is C34H32ClFN2O6. The van der Waals surface area contributed by atoms with Crippen LogP contribution < -0.4 is 0 Å². The molecule has 0 spiro atoms. The van der Waals surface area contributed by atoms with Crippen LogP contribution in [0.4, 0.5) is 4.39 Å². The summed E-state index contributed by atoms with van der Waals surface area (Å²) >= 11 is 5.94. The number of amides is 2. The van der Waals surface area contributed by atoms with E-state index >= 15 is 0 Å². The van der Waals surface area contributed by atoms with Crippen molar-refractivity contribution >= 4 is 23.4 Å². The molecule has 2 fully saturated rings. The molecule has 0 saturated carbocycles. The summed E-state index contributed by atoms with van der Waals surface area (Å²) in [5.74, 6) is -0.754. The number of halogens is 2. The van der Waals surface area contributed by atoms with Crippen LogP contribution in [-0.2, 0) is 32.2 Å². The van der Waals surface area contributed by atoms with Crippen LogP contribution in [0, 0.1) is 5.82 Å². The molecule has 8 nitrogen and oxygen atoms in total. The number of morpholine rings is 2. The lowest BCUT2D eigenvalue weighted by Gasteiger charge is -2.33. The maximum atomic E-state index is 13.9. The number of rotatable bonds is 6. The number of phenols is 2. The molecule has 2 aliphatic heterocycles. The first-order chi connectivity index (χ1) is 21.3. The third-order valence-electron chi connectivity index (χ3n) is 7.40. The second-order valence-electron chi connectivity index (χ2n) is 10.5. The van der Waals surface area contributed by atoms with Crippen LogP contribution >= 0.6 is 11.6 Å². The van der Waals surface area contributed by atoms with Crippen LogP contribution in [-0.4, -0.2) is 58.1 Å². The molecule has 2 heterocycles. The summed E-state index contributed by atoms with van der Waals surface area (Å²) in [6.07, 6.45) is -0.762. The van der Waals surface area contributed by atoms with Crippen LogP contribution in [0.2, 0.25) is 5.02 Å². The molecule has 2 unspecified atom stereocenters. The highest BCUT2D eigenvalue weighted by molar-refractivity contribution is 6.32. The van der Waals surface area contributed by atoms with Gasteiger partial charge < -0.3 is 29.5 Å². The van der Waals surface area contributed by atoms with Gasteiger partial charge in [0.05, 0.1) is 18.1 Å².